The van der Waals surface area contributed by atoms with Gasteiger partial charge in [0.2, 0.25) is 0 Å². The standard InChI is InChI=1S/C19H26ClN3O3/c20-15-11-14(3-4-16(15)21-5-1-2-6-21)19(25)23-12-17(18(24)13-23)22-7-9-26-10-8-22/h3-4,11,17-18,24H,1-2,5-10,12-13H2/t17-,18-/m0/s1. The van der Waals surface area contributed by atoms with E-state index in [9.17, 15) is 9.90 Å². The smallest absolute Gasteiger partial charge is 0.254 e. The molecule has 2 atom stereocenters. The van der Waals surface area contributed by atoms with Crippen LogP contribution in [0.15, 0.2) is 18.2 Å². The lowest BCUT2D eigenvalue weighted by Gasteiger charge is -2.33. The zero-order valence-corrected chi connectivity index (χ0v) is 15.7. The van der Waals surface area contributed by atoms with Gasteiger partial charge in [0.05, 0.1) is 36.1 Å². The van der Waals surface area contributed by atoms with Gasteiger partial charge in [-0.2, -0.15) is 0 Å². The highest BCUT2D eigenvalue weighted by molar-refractivity contribution is 6.33. The van der Waals surface area contributed by atoms with Crippen molar-refractivity contribution in [3.63, 3.8) is 0 Å². The monoisotopic (exact) mass is 379 g/mol. The minimum absolute atomic E-state index is 0.0119. The van der Waals surface area contributed by atoms with E-state index in [0.29, 0.717) is 36.9 Å². The van der Waals surface area contributed by atoms with Gasteiger partial charge in [0.15, 0.2) is 0 Å². The molecular weight excluding hydrogens is 354 g/mol. The fourth-order valence-corrected chi connectivity index (χ4v) is 4.54. The molecule has 142 valence electrons. The van der Waals surface area contributed by atoms with Crippen molar-refractivity contribution in [1.82, 2.24) is 9.80 Å². The number of halogens is 1. The fourth-order valence-electron chi connectivity index (χ4n) is 4.24. The zero-order valence-electron chi connectivity index (χ0n) is 14.9. The molecule has 1 aromatic carbocycles. The molecule has 26 heavy (non-hydrogen) atoms. The Morgan fingerprint density at radius 2 is 1.85 bits per heavy atom. The number of amides is 1. The molecule has 1 aromatic rings. The van der Waals surface area contributed by atoms with Gasteiger partial charge in [-0.25, -0.2) is 0 Å². The van der Waals surface area contributed by atoms with E-state index in [0.717, 1.165) is 31.9 Å². The Bertz CT molecular complexity index is 659. The fraction of sp³-hybridized carbons (Fsp3) is 0.632. The molecule has 0 saturated carbocycles. The zero-order chi connectivity index (χ0) is 18.1. The van der Waals surface area contributed by atoms with Gasteiger partial charge in [-0.05, 0) is 31.0 Å². The van der Waals surface area contributed by atoms with Crippen LogP contribution < -0.4 is 4.90 Å². The van der Waals surface area contributed by atoms with Crippen LogP contribution in [-0.4, -0.2) is 85.4 Å². The number of carbonyl (C=O) groups is 1. The third-order valence-corrected chi connectivity index (χ3v) is 6.01. The van der Waals surface area contributed by atoms with Gasteiger partial charge in [0.1, 0.15) is 0 Å². The number of aliphatic hydroxyl groups is 1. The number of β-amino-alcohol motifs (C(OH)–C–C–N with tert-alkyl or cyclic N) is 1. The van der Waals surface area contributed by atoms with Crippen molar-refractivity contribution >= 4 is 23.2 Å². The molecule has 3 heterocycles. The molecule has 0 aliphatic carbocycles. The van der Waals surface area contributed by atoms with E-state index >= 15 is 0 Å². The van der Waals surface area contributed by atoms with E-state index in [1.165, 1.54) is 12.8 Å². The minimum Gasteiger partial charge on any atom is -0.390 e. The predicted octanol–water partition coefficient (Wildman–Crippen LogP) is 1.46. The molecule has 3 aliphatic rings. The van der Waals surface area contributed by atoms with Crippen molar-refractivity contribution in [2.45, 2.75) is 25.0 Å². The summed E-state index contributed by atoms with van der Waals surface area (Å²) in [4.78, 5) is 19.1. The summed E-state index contributed by atoms with van der Waals surface area (Å²) in [6.45, 7) is 5.94. The SMILES string of the molecule is O=C(c1ccc(N2CCCC2)c(Cl)c1)N1C[C@H](O)[C@@H](N2CCOCC2)C1. The highest BCUT2D eigenvalue weighted by Crippen LogP contribution is 2.30. The van der Waals surface area contributed by atoms with Crippen LogP contribution in [0, 0.1) is 0 Å². The van der Waals surface area contributed by atoms with Gasteiger partial charge in [0.25, 0.3) is 5.91 Å². The number of likely N-dealkylation sites (tertiary alicyclic amines) is 1. The summed E-state index contributed by atoms with van der Waals surface area (Å²) < 4.78 is 5.38. The van der Waals surface area contributed by atoms with Gasteiger partial charge in [-0.3, -0.25) is 9.69 Å². The van der Waals surface area contributed by atoms with Crippen LogP contribution in [0.4, 0.5) is 5.69 Å². The normalized spacial score (nSPS) is 27.3. The molecule has 1 amide bonds. The second kappa shape index (κ2) is 7.72. The third kappa shape index (κ3) is 3.56. The van der Waals surface area contributed by atoms with Gasteiger partial charge >= 0.3 is 0 Å². The van der Waals surface area contributed by atoms with E-state index in [4.69, 9.17) is 16.3 Å². The van der Waals surface area contributed by atoms with Gasteiger partial charge in [-0.15, -0.1) is 0 Å². The molecular formula is C19H26ClN3O3. The largest absolute Gasteiger partial charge is 0.390 e. The Balaban J connectivity index is 1.45. The van der Waals surface area contributed by atoms with Crippen molar-refractivity contribution in [3.8, 4) is 0 Å². The number of carbonyl (C=O) groups excluding carboxylic acids is 1. The molecule has 3 saturated heterocycles. The number of aliphatic hydroxyl groups excluding tert-OH is 1. The number of rotatable bonds is 3. The maximum atomic E-state index is 12.9. The summed E-state index contributed by atoms with van der Waals surface area (Å²) in [5.74, 6) is -0.0605. The first-order valence-electron chi connectivity index (χ1n) is 9.47. The number of anilines is 1. The molecule has 0 aromatic heterocycles. The van der Waals surface area contributed by atoms with Crippen LogP contribution in [-0.2, 0) is 4.74 Å². The van der Waals surface area contributed by atoms with Crippen molar-refractivity contribution in [2.75, 3.05) is 57.4 Å². The first kappa shape index (κ1) is 18.0. The molecule has 3 fully saturated rings. The lowest BCUT2D eigenvalue weighted by Crippen LogP contribution is -2.49. The molecule has 0 radical (unpaired) electrons. The Morgan fingerprint density at radius 1 is 1.12 bits per heavy atom. The van der Waals surface area contributed by atoms with E-state index in [2.05, 4.69) is 9.80 Å². The highest BCUT2D eigenvalue weighted by atomic mass is 35.5. The quantitative estimate of drug-likeness (QED) is 0.861. The summed E-state index contributed by atoms with van der Waals surface area (Å²) >= 11 is 6.46. The number of benzene rings is 1. The lowest BCUT2D eigenvalue weighted by atomic mass is 10.1. The van der Waals surface area contributed by atoms with Crippen LogP contribution in [0.25, 0.3) is 0 Å². The maximum absolute atomic E-state index is 12.9. The lowest BCUT2D eigenvalue weighted by molar-refractivity contribution is -0.00611. The average Bonchev–Trinajstić information content (AvgIpc) is 3.31. The third-order valence-electron chi connectivity index (χ3n) is 5.70. The van der Waals surface area contributed by atoms with Crippen molar-refractivity contribution in [3.05, 3.63) is 28.8 Å². The van der Waals surface area contributed by atoms with Crippen molar-refractivity contribution < 1.29 is 14.6 Å². The van der Waals surface area contributed by atoms with E-state index in [-0.39, 0.29) is 11.9 Å². The molecule has 0 spiro atoms. The Kier molecular flexibility index (Phi) is 5.36. The first-order chi connectivity index (χ1) is 12.6. The summed E-state index contributed by atoms with van der Waals surface area (Å²) in [6.07, 6.45) is 1.86. The number of nitrogens with zero attached hydrogens (tertiary/aromatic N) is 3. The van der Waals surface area contributed by atoms with Crippen LogP contribution >= 0.6 is 11.6 Å². The molecule has 7 heteroatoms. The maximum Gasteiger partial charge on any atom is 0.254 e. The Morgan fingerprint density at radius 3 is 2.54 bits per heavy atom. The van der Waals surface area contributed by atoms with Crippen molar-refractivity contribution in [1.29, 1.82) is 0 Å². The number of hydrogen-bond donors (Lipinski definition) is 1. The van der Waals surface area contributed by atoms with E-state index < -0.39 is 6.10 Å². The van der Waals surface area contributed by atoms with Gasteiger partial charge < -0.3 is 19.6 Å². The van der Waals surface area contributed by atoms with Crippen LogP contribution in [0.2, 0.25) is 5.02 Å². The Hall–Kier alpha value is -1.34. The number of morpholine rings is 1. The number of hydrogen-bond acceptors (Lipinski definition) is 5. The predicted molar refractivity (Wildman–Crippen MR) is 101 cm³/mol. The molecule has 4 rings (SSSR count). The average molecular weight is 380 g/mol. The topological polar surface area (TPSA) is 56.2 Å². The van der Waals surface area contributed by atoms with Gasteiger partial charge in [-0.1, -0.05) is 11.6 Å². The second-order valence-electron chi connectivity index (χ2n) is 7.35. The highest BCUT2D eigenvalue weighted by Gasteiger charge is 2.38. The van der Waals surface area contributed by atoms with Crippen LogP contribution in [0.3, 0.4) is 0 Å². The van der Waals surface area contributed by atoms with Crippen LogP contribution in [0.1, 0.15) is 23.2 Å². The molecule has 0 bridgehead atoms. The van der Waals surface area contributed by atoms with Gasteiger partial charge in [0, 0.05) is 44.8 Å². The van der Waals surface area contributed by atoms with E-state index in [1.54, 1.807) is 11.0 Å². The molecule has 1 N–H and O–H groups in total. The summed E-state index contributed by atoms with van der Waals surface area (Å²) in [7, 11) is 0. The van der Waals surface area contributed by atoms with Crippen LogP contribution in [0.5, 0.6) is 0 Å². The summed E-state index contributed by atoms with van der Waals surface area (Å²) in [6, 6.07) is 5.57. The minimum atomic E-state index is -0.517. The molecule has 6 nitrogen and oxygen atoms in total. The molecule has 0 unspecified atom stereocenters. The van der Waals surface area contributed by atoms with Crippen molar-refractivity contribution in [2.24, 2.45) is 0 Å². The first-order valence-corrected chi connectivity index (χ1v) is 9.85. The van der Waals surface area contributed by atoms with E-state index in [1.807, 2.05) is 12.1 Å². The summed E-state index contributed by atoms with van der Waals surface area (Å²) in [5.41, 5.74) is 1.60. The number of ether oxygens (including phenoxy) is 1. The summed E-state index contributed by atoms with van der Waals surface area (Å²) in [5, 5.41) is 11.1. The Labute approximate surface area is 159 Å². The second-order valence-corrected chi connectivity index (χ2v) is 7.76. The molecule has 3 aliphatic heterocycles.